The second-order valence-corrected chi connectivity index (χ2v) is 6.08. The third-order valence-corrected chi connectivity index (χ3v) is 4.49. The van der Waals surface area contributed by atoms with E-state index in [0.717, 1.165) is 32.8 Å². The van der Waals surface area contributed by atoms with Gasteiger partial charge in [0.25, 0.3) is 0 Å². The molecule has 4 nitrogen and oxygen atoms in total. The molecule has 1 saturated heterocycles. The van der Waals surface area contributed by atoms with Gasteiger partial charge in [-0.25, -0.2) is 4.98 Å². The molecular weight excluding hydrogens is 246 g/mol. The first-order chi connectivity index (χ1) is 8.86. The molecule has 1 saturated carbocycles. The molecule has 0 N–H and O–H groups in total. The quantitative estimate of drug-likeness (QED) is 0.832. The minimum Gasteiger partial charge on any atom is -0.379 e. The molecule has 2 heterocycles. The van der Waals surface area contributed by atoms with Crippen LogP contribution in [0, 0.1) is 11.3 Å². The summed E-state index contributed by atoms with van der Waals surface area (Å²) in [6.07, 6.45) is 3.02. The zero-order valence-corrected chi connectivity index (χ0v) is 11.2. The summed E-state index contributed by atoms with van der Waals surface area (Å²) < 4.78 is 5.35. The van der Waals surface area contributed by atoms with Crippen LogP contribution in [0.25, 0.3) is 0 Å². The molecular formula is C13H17N3OS. The van der Waals surface area contributed by atoms with Gasteiger partial charge in [0.05, 0.1) is 37.9 Å². The number of thiazole rings is 1. The van der Waals surface area contributed by atoms with Gasteiger partial charge in [-0.2, -0.15) is 5.26 Å². The third kappa shape index (κ3) is 2.72. The zero-order chi connectivity index (χ0) is 12.4. The van der Waals surface area contributed by atoms with Crippen molar-refractivity contribution in [3.05, 3.63) is 15.6 Å². The van der Waals surface area contributed by atoms with Crippen molar-refractivity contribution in [1.82, 2.24) is 9.88 Å². The van der Waals surface area contributed by atoms with E-state index in [2.05, 4.69) is 11.0 Å². The van der Waals surface area contributed by atoms with Crippen LogP contribution in [-0.2, 0) is 17.7 Å². The minimum absolute atomic E-state index is 0.520. The highest BCUT2D eigenvalue weighted by atomic mass is 32.1. The van der Waals surface area contributed by atoms with Crippen LogP contribution in [0.3, 0.4) is 0 Å². The van der Waals surface area contributed by atoms with Crippen molar-refractivity contribution >= 4 is 11.3 Å². The summed E-state index contributed by atoms with van der Waals surface area (Å²) in [5, 5.41) is 10.0. The summed E-state index contributed by atoms with van der Waals surface area (Å²) in [6.45, 7) is 4.55. The van der Waals surface area contributed by atoms with E-state index in [4.69, 9.17) is 15.0 Å². The molecule has 0 radical (unpaired) electrons. The molecule has 5 heteroatoms. The Hall–Kier alpha value is -0.960. The maximum absolute atomic E-state index is 8.88. The number of nitrogens with zero attached hydrogens (tertiary/aromatic N) is 3. The van der Waals surface area contributed by atoms with Crippen LogP contribution in [-0.4, -0.2) is 36.2 Å². The lowest BCUT2D eigenvalue weighted by atomic mass is 10.2. The second-order valence-electron chi connectivity index (χ2n) is 4.91. The summed E-state index contributed by atoms with van der Waals surface area (Å²) in [7, 11) is 0. The Morgan fingerprint density at radius 1 is 1.39 bits per heavy atom. The maximum Gasteiger partial charge on any atom is 0.107 e. The van der Waals surface area contributed by atoms with Crippen LogP contribution in [0.1, 0.15) is 34.3 Å². The smallest absolute Gasteiger partial charge is 0.107 e. The van der Waals surface area contributed by atoms with Crippen LogP contribution in [0.15, 0.2) is 0 Å². The van der Waals surface area contributed by atoms with Gasteiger partial charge in [-0.15, -0.1) is 11.3 Å². The maximum atomic E-state index is 8.88. The first-order valence-electron chi connectivity index (χ1n) is 6.52. The Kier molecular flexibility index (Phi) is 3.59. The van der Waals surface area contributed by atoms with Gasteiger partial charge >= 0.3 is 0 Å². The Morgan fingerprint density at radius 2 is 2.17 bits per heavy atom. The molecule has 1 aromatic heterocycles. The lowest BCUT2D eigenvalue weighted by molar-refractivity contribution is 0.0341. The van der Waals surface area contributed by atoms with Crippen molar-refractivity contribution in [3.8, 4) is 6.07 Å². The predicted molar refractivity (Wildman–Crippen MR) is 69.5 cm³/mol. The molecule has 2 aliphatic rings. The Bertz CT molecular complexity index is 455. The molecule has 0 amide bonds. The number of morpholine rings is 1. The summed E-state index contributed by atoms with van der Waals surface area (Å²) in [4.78, 5) is 8.35. The van der Waals surface area contributed by atoms with Gasteiger partial charge in [0.15, 0.2) is 0 Å². The lowest BCUT2D eigenvalue weighted by Gasteiger charge is -2.25. The fourth-order valence-electron chi connectivity index (χ4n) is 2.31. The lowest BCUT2D eigenvalue weighted by Crippen LogP contribution is -2.35. The van der Waals surface area contributed by atoms with Crippen molar-refractivity contribution in [1.29, 1.82) is 5.26 Å². The number of hydrogen-bond donors (Lipinski definition) is 0. The monoisotopic (exact) mass is 263 g/mol. The number of hydrogen-bond acceptors (Lipinski definition) is 5. The fraction of sp³-hybridized carbons (Fsp3) is 0.692. The van der Waals surface area contributed by atoms with Gasteiger partial charge in [-0.05, 0) is 12.8 Å². The summed E-state index contributed by atoms with van der Waals surface area (Å²) in [5.41, 5.74) is 1.21. The normalized spacial score (nSPS) is 20.8. The van der Waals surface area contributed by atoms with Gasteiger partial charge < -0.3 is 4.74 Å². The average Bonchev–Trinajstić information content (AvgIpc) is 3.15. The summed E-state index contributed by atoms with van der Waals surface area (Å²) in [5.74, 6) is 0.642. The molecule has 0 spiro atoms. The van der Waals surface area contributed by atoms with Gasteiger partial charge in [0.2, 0.25) is 0 Å². The van der Waals surface area contributed by atoms with E-state index in [-0.39, 0.29) is 0 Å². The minimum atomic E-state index is 0.520. The Balaban J connectivity index is 1.71. The van der Waals surface area contributed by atoms with Crippen LogP contribution in [0.5, 0.6) is 0 Å². The topological polar surface area (TPSA) is 49.2 Å². The Labute approximate surface area is 111 Å². The number of aromatic nitrogens is 1. The van der Waals surface area contributed by atoms with E-state index in [1.165, 1.54) is 28.4 Å². The van der Waals surface area contributed by atoms with E-state index in [1.807, 2.05) is 0 Å². The first-order valence-corrected chi connectivity index (χ1v) is 7.34. The van der Waals surface area contributed by atoms with E-state index in [0.29, 0.717) is 12.3 Å². The van der Waals surface area contributed by atoms with Crippen LogP contribution in [0.4, 0.5) is 0 Å². The molecule has 96 valence electrons. The standard InChI is InChI=1S/C13H17N3OS/c14-4-3-11-13(10-1-2-10)15-12(18-11)9-16-5-7-17-8-6-16/h10H,1-3,5-9H2. The predicted octanol–water partition coefficient (Wildman–Crippen LogP) is 1.92. The Morgan fingerprint density at radius 3 is 2.83 bits per heavy atom. The molecule has 1 aliphatic carbocycles. The molecule has 0 aromatic carbocycles. The number of rotatable bonds is 4. The molecule has 3 rings (SSSR count). The van der Waals surface area contributed by atoms with Gasteiger partial charge in [0, 0.05) is 23.9 Å². The van der Waals surface area contributed by atoms with Crippen molar-refractivity contribution in [2.45, 2.75) is 31.7 Å². The van der Waals surface area contributed by atoms with Crippen molar-refractivity contribution in [2.75, 3.05) is 26.3 Å². The van der Waals surface area contributed by atoms with Crippen molar-refractivity contribution < 1.29 is 4.74 Å². The molecule has 0 bridgehead atoms. The summed E-state index contributed by atoms with van der Waals surface area (Å²) in [6, 6.07) is 2.26. The fourth-order valence-corrected chi connectivity index (χ4v) is 3.44. The van der Waals surface area contributed by atoms with E-state index >= 15 is 0 Å². The van der Waals surface area contributed by atoms with Gasteiger partial charge in [-0.1, -0.05) is 0 Å². The highest BCUT2D eigenvalue weighted by Gasteiger charge is 2.29. The van der Waals surface area contributed by atoms with Crippen LogP contribution in [0.2, 0.25) is 0 Å². The molecule has 2 fully saturated rings. The van der Waals surface area contributed by atoms with Crippen molar-refractivity contribution in [2.24, 2.45) is 0 Å². The third-order valence-electron chi connectivity index (χ3n) is 3.44. The molecule has 18 heavy (non-hydrogen) atoms. The molecule has 0 unspecified atom stereocenters. The van der Waals surface area contributed by atoms with Crippen LogP contribution < -0.4 is 0 Å². The molecule has 1 aromatic rings. The highest BCUT2D eigenvalue weighted by molar-refractivity contribution is 7.11. The zero-order valence-electron chi connectivity index (χ0n) is 10.4. The largest absolute Gasteiger partial charge is 0.379 e. The van der Waals surface area contributed by atoms with Gasteiger partial charge in [-0.3, -0.25) is 4.90 Å². The van der Waals surface area contributed by atoms with Gasteiger partial charge in [0.1, 0.15) is 5.01 Å². The SMILES string of the molecule is N#CCc1sc(CN2CCOCC2)nc1C1CC1. The molecule has 0 atom stereocenters. The number of ether oxygens (including phenoxy) is 1. The van der Waals surface area contributed by atoms with Crippen molar-refractivity contribution in [3.63, 3.8) is 0 Å². The molecule has 1 aliphatic heterocycles. The summed E-state index contributed by atoms with van der Waals surface area (Å²) >= 11 is 1.73. The average molecular weight is 263 g/mol. The van der Waals surface area contributed by atoms with Crippen LogP contribution >= 0.6 is 11.3 Å². The van der Waals surface area contributed by atoms with E-state index in [9.17, 15) is 0 Å². The first kappa shape index (κ1) is 12.1. The van der Waals surface area contributed by atoms with E-state index < -0.39 is 0 Å². The number of nitriles is 1. The van der Waals surface area contributed by atoms with E-state index in [1.54, 1.807) is 11.3 Å². The highest BCUT2D eigenvalue weighted by Crippen LogP contribution is 2.42. The second kappa shape index (κ2) is 5.35.